The van der Waals surface area contributed by atoms with Gasteiger partial charge in [0.05, 0.1) is 11.7 Å². The Labute approximate surface area is 61.3 Å². The van der Waals surface area contributed by atoms with E-state index in [1.165, 1.54) is 6.33 Å². The molecule has 0 bridgehead atoms. The second-order valence-electron chi connectivity index (χ2n) is 2.22. The van der Waals surface area contributed by atoms with Crippen molar-refractivity contribution in [2.24, 2.45) is 0 Å². The summed E-state index contributed by atoms with van der Waals surface area (Å²) in [6.45, 7) is 0. The lowest BCUT2D eigenvalue weighted by molar-refractivity contribution is 1.16. The van der Waals surface area contributed by atoms with Gasteiger partial charge in [0, 0.05) is 0 Å². The highest BCUT2D eigenvalue weighted by Crippen LogP contribution is 2.07. The first-order valence-corrected chi connectivity index (χ1v) is 3.09. The Morgan fingerprint density at radius 1 is 1.55 bits per heavy atom. The van der Waals surface area contributed by atoms with E-state index in [4.69, 9.17) is 5.73 Å². The maximum absolute atomic E-state index is 11.0. The monoisotopic (exact) mass is 150 g/mol. The van der Waals surface area contributed by atoms with Crippen LogP contribution in [0.2, 0.25) is 0 Å². The van der Waals surface area contributed by atoms with Gasteiger partial charge in [-0.2, -0.15) is 0 Å². The van der Waals surface area contributed by atoms with Crippen molar-refractivity contribution in [1.82, 2.24) is 15.0 Å². The zero-order valence-electron chi connectivity index (χ0n) is 5.59. The van der Waals surface area contributed by atoms with Crippen molar-refractivity contribution in [1.29, 1.82) is 0 Å². The smallest absolute Gasteiger partial charge is 0.260 e. The molecule has 0 fully saturated rings. The normalized spacial score (nSPS) is 10.5. The fourth-order valence-electron chi connectivity index (χ4n) is 0.972. The average molecular weight is 150 g/mol. The number of aromatic amines is 2. The van der Waals surface area contributed by atoms with Crippen LogP contribution in [-0.4, -0.2) is 15.0 Å². The highest BCUT2D eigenvalue weighted by atomic mass is 16.1. The molecule has 2 aromatic rings. The first-order valence-electron chi connectivity index (χ1n) is 3.09. The minimum Gasteiger partial charge on any atom is -0.385 e. The van der Waals surface area contributed by atoms with Gasteiger partial charge in [0.15, 0.2) is 0 Å². The van der Waals surface area contributed by atoms with Crippen molar-refractivity contribution >= 4 is 16.9 Å². The third-order valence-corrected chi connectivity index (χ3v) is 1.45. The predicted octanol–water partition coefficient (Wildman–Crippen LogP) is -0.167. The van der Waals surface area contributed by atoms with E-state index in [1.54, 1.807) is 6.07 Å². The van der Waals surface area contributed by atoms with Crippen molar-refractivity contribution in [2.45, 2.75) is 0 Å². The maximum atomic E-state index is 11.0. The van der Waals surface area contributed by atoms with Gasteiger partial charge in [-0.1, -0.05) is 0 Å². The number of nitrogens with zero attached hydrogens (tertiary/aromatic N) is 1. The molecule has 0 saturated heterocycles. The summed E-state index contributed by atoms with van der Waals surface area (Å²) < 4.78 is 0. The van der Waals surface area contributed by atoms with Crippen LogP contribution < -0.4 is 11.3 Å². The summed E-state index contributed by atoms with van der Waals surface area (Å²) in [5.74, 6) is 0.448. The topological polar surface area (TPSA) is 87.6 Å². The lowest BCUT2D eigenvalue weighted by Gasteiger charge is -1.83. The van der Waals surface area contributed by atoms with Gasteiger partial charge in [-0.05, 0) is 6.07 Å². The van der Waals surface area contributed by atoms with E-state index in [0.717, 1.165) is 0 Å². The summed E-state index contributed by atoms with van der Waals surface area (Å²) >= 11 is 0. The van der Waals surface area contributed by atoms with Crippen molar-refractivity contribution in [3.05, 3.63) is 22.7 Å². The molecule has 0 radical (unpaired) electrons. The molecule has 0 atom stereocenters. The summed E-state index contributed by atoms with van der Waals surface area (Å²) in [4.78, 5) is 20.1. The van der Waals surface area contributed by atoms with Gasteiger partial charge < -0.3 is 15.7 Å². The molecule has 0 spiro atoms. The first kappa shape index (κ1) is 5.96. The molecule has 0 aliphatic heterocycles. The summed E-state index contributed by atoms with van der Waals surface area (Å²) in [5.41, 5.74) is 5.75. The van der Waals surface area contributed by atoms with Crippen LogP contribution in [0.3, 0.4) is 0 Å². The molecule has 11 heavy (non-hydrogen) atoms. The Kier molecular flexibility index (Phi) is 1.00. The number of rotatable bonds is 0. The molecular weight excluding hydrogens is 144 g/mol. The third-order valence-electron chi connectivity index (χ3n) is 1.45. The van der Waals surface area contributed by atoms with Crippen LogP contribution in [0.25, 0.3) is 11.0 Å². The van der Waals surface area contributed by atoms with Gasteiger partial charge in [-0.15, -0.1) is 0 Å². The fraction of sp³-hybridized carbons (Fsp3) is 0. The molecule has 0 aliphatic rings. The number of nitrogen functional groups attached to an aromatic ring is 1. The zero-order valence-corrected chi connectivity index (χ0v) is 5.59. The molecule has 0 aromatic carbocycles. The number of fused-ring (bicyclic) bond motifs is 1. The highest BCUT2D eigenvalue weighted by molar-refractivity contribution is 5.78. The second kappa shape index (κ2) is 1.85. The minimum absolute atomic E-state index is 0.178. The highest BCUT2D eigenvalue weighted by Gasteiger charge is 2.00. The number of anilines is 1. The van der Waals surface area contributed by atoms with Crippen LogP contribution >= 0.6 is 0 Å². The number of hydrogen-bond donors (Lipinski definition) is 3. The van der Waals surface area contributed by atoms with E-state index in [2.05, 4.69) is 15.0 Å². The molecule has 2 aromatic heterocycles. The summed E-state index contributed by atoms with van der Waals surface area (Å²) in [6, 6.07) is 1.56. The summed E-state index contributed by atoms with van der Waals surface area (Å²) in [6.07, 6.45) is 1.33. The van der Waals surface area contributed by atoms with Crippen LogP contribution in [-0.2, 0) is 0 Å². The van der Waals surface area contributed by atoms with Crippen LogP contribution in [0, 0.1) is 0 Å². The first-order chi connectivity index (χ1) is 5.27. The molecule has 2 rings (SSSR count). The molecule has 5 nitrogen and oxygen atoms in total. The largest absolute Gasteiger partial charge is 0.385 e. The Morgan fingerprint density at radius 3 is 3.09 bits per heavy atom. The minimum atomic E-state index is -0.178. The summed E-state index contributed by atoms with van der Waals surface area (Å²) in [7, 11) is 0. The SMILES string of the molecule is Nc1cc2c(=O)[nH]cnc2[nH]1. The van der Waals surface area contributed by atoms with Crippen LogP contribution in [0.15, 0.2) is 17.2 Å². The lowest BCUT2D eigenvalue weighted by Crippen LogP contribution is -2.04. The van der Waals surface area contributed by atoms with Crippen LogP contribution in [0.5, 0.6) is 0 Å². The fourth-order valence-corrected chi connectivity index (χ4v) is 0.972. The van der Waals surface area contributed by atoms with E-state index in [9.17, 15) is 4.79 Å². The number of nitrogens with two attached hydrogens (primary N) is 1. The van der Waals surface area contributed by atoms with E-state index in [-0.39, 0.29) is 5.56 Å². The Bertz CT molecular complexity index is 441. The van der Waals surface area contributed by atoms with Gasteiger partial charge in [0.25, 0.3) is 5.56 Å². The molecule has 0 unspecified atom stereocenters. The van der Waals surface area contributed by atoms with Gasteiger partial charge in [-0.3, -0.25) is 4.79 Å². The number of aromatic nitrogens is 3. The molecule has 0 amide bonds. The summed E-state index contributed by atoms with van der Waals surface area (Å²) in [5, 5.41) is 0.491. The maximum Gasteiger partial charge on any atom is 0.260 e. The van der Waals surface area contributed by atoms with Crippen LogP contribution in [0.4, 0.5) is 5.82 Å². The van der Waals surface area contributed by atoms with Crippen molar-refractivity contribution in [3.63, 3.8) is 0 Å². The van der Waals surface area contributed by atoms with Gasteiger partial charge in [0.2, 0.25) is 0 Å². The lowest BCUT2D eigenvalue weighted by atomic mass is 10.4. The number of H-pyrrole nitrogens is 2. The second-order valence-corrected chi connectivity index (χ2v) is 2.22. The quantitative estimate of drug-likeness (QED) is 0.487. The molecule has 0 saturated carbocycles. The van der Waals surface area contributed by atoms with Gasteiger partial charge in [0.1, 0.15) is 11.5 Å². The van der Waals surface area contributed by atoms with Gasteiger partial charge in [-0.25, -0.2) is 4.98 Å². The zero-order chi connectivity index (χ0) is 7.84. The van der Waals surface area contributed by atoms with Crippen molar-refractivity contribution < 1.29 is 0 Å². The number of nitrogens with one attached hydrogen (secondary N) is 2. The number of hydrogen-bond acceptors (Lipinski definition) is 3. The molecule has 2 heterocycles. The van der Waals surface area contributed by atoms with E-state index < -0.39 is 0 Å². The van der Waals surface area contributed by atoms with Gasteiger partial charge >= 0.3 is 0 Å². The van der Waals surface area contributed by atoms with E-state index in [0.29, 0.717) is 16.9 Å². The standard InChI is InChI=1S/C6H6N4O/c7-4-1-3-5(10-4)8-2-9-6(3)11/h1-2H,7H2,(H2,8,9,10,11). The van der Waals surface area contributed by atoms with Crippen molar-refractivity contribution in [2.75, 3.05) is 5.73 Å². The molecule has 56 valence electrons. The molecule has 4 N–H and O–H groups in total. The Morgan fingerprint density at radius 2 is 2.36 bits per heavy atom. The molecular formula is C6H6N4O. The van der Waals surface area contributed by atoms with E-state index >= 15 is 0 Å². The molecule has 5 heteroatoms. The Hall–Kier alpha value is -1.78. The third kappa shape index (κ3) is 0.778. The molecule has 0 aliphatic carbocycles. The van der Waals surface area contributed by atoms with Crippen molar-refractivity contribution in [3.8, 4) is 0 Å². The Balaban J connectivity index is 3.02. The van der Waals surface area contributed by atoms with Crippen LogP contribution in [0.1, 0.15) is 0 Å². The predicted molar refractivity (Wildman–Crippen MR) is 41.1 cm³/mol. The van der Waals surface area contributed by atoms with E-state index in [1.807, 2.05) is 0 Å². The average Bonchev–Trinajstić information content (AvgIpc) is 2.31.